The van der Waals surface area contributed by atoms with Crippen LogP contribution in [-0.4, -0.2) is 35.9 Å². The highest BCUT2D eigenvalue weighted by atomic mass is 32.2. The maximum atomic E-state index is 11.7. The van der Waals surface area contributed by atoms with Crippen molar-refractivity contribution >= 4 is 9.84 Å². The molecule has 0 spiro atoms. The fourth-order valence-corrected chi connectivity index (χ4v) is 3.19. The van der Waals surface area contributed by atoms with Gasteiger partial charge in [-0.25, -0.2) is 13.4 Å². The molecule has 2 N–H and O–H groups in total. The van der Waals surface area contributed by atoms with Crippen LogP contribution in [0.15, 0.2) is 4.79 Å². The third-order valence-electron chi connectivity index (χ3n) is 2.74. The van der Waals surface area contributed by atoms with E-state index >= 15 is 0 Å². The summed E-state index contributed by atoms with van der Waals surface area (Å²) < 4.78 is 22.9. The van der Waals surface area contributed by atoms with Gasteiger partial charge in [-0.2, -0.15) is 0 Å². The van der Waals surface area contributed by atoms with E-state index in [1.54, 1.807) is 0 Å². The number of aromatic nitrogens is 2. The summed E-state index contributed by atoms with van der Waals surface area (Å²) in [5.41, 5.74) is 0.596. The minimum atomic E-state index is -3.11. The van der Waals surface area contributed by atoms with Gasteiger partial charge in [-0.05, 0) is 12.8 Å². The topological polar surface area (TPSA) is 100 Å². The third kappa shape index (κ3) is 2.73. The second-order valence-corrected chi connectivity index (χ2v) is 6.29. The predicted molar refractivity (Wildman–Crippen MR) is 61.5 cm³/mol. The van der Waals surface area contributed by atoms with E-state index in [4.69, 9.17) is 5.11 Å². The van der Waals surface area contributed by atoms with Gasteiger partial charge >= 0.3 is 0 Å². The number of nitrogens with zero attached hydrogens (tertiary/aromatic N) is 1. The molecule has 0 aromatic carbocycles. The Bertz CT molecular complexity index is 576. The van der Waals surface area contributed by atoms with Crippen molar-refractivity contribution in [1.29, 1.82) is 0 Å². The largest absolute Gasteiger partial charge is 0.396 e. The van der Waals surface area contributed by atoms with E-state index in [9.17, 15) is 13.2 Å². The highest BCUT2D eigenvalue weighted by Crippen LogP contribution is 2.15. The summed E-state index contributed by atoms with van der Waals surface area (Å²) in [7, 11) is -3.11. The number of sulfone groups is 1. The normalized spacial score (nSPS) is 17.7. The van der Waals surface area contributed by atoms with Gasteiger partial charge in [-0.3, -0.25) is 4.79 Å². The summed E-state index contributed by atoms with van der Waals surface area (Å²) >= 11 is 0. The van der Waals surface area contributed by atoms with E-state index < -0.39 is 9.84 Å². The highest BCUT2D eigenvalue weighted by molar-refractivity contribution is 7.90. The van der Waals surface area contributed by atoms with Crippen LogP contribution in [0.3, 0.4) is 0 Å². The molecule has 1 aliphatic heterocycles. The van der Waals surface area contributed by atoms with Crippen LogP contribution < -0.4 is 5.56 Å². The first kappa shape index (κ1) is 12.3. The van der Waals surface area contributed by atoms with Crippen LogP contribution in [0.4, 0.5) is 0 Å². The fourth-order valence-electron chi connectivity index (χ4n) is 1.88. The molecule has 0 aliphatic carbocycles. The smallest absolute Gasteiger partial charge is 0.254 e. The van der Waals surface area contributed by atoms with Crippen molar-refractivity contribution in [3.8, 4) is 0 Å². The minimum absolute atomic E-state index is 0.0130. The van der Waals surface area contributed by atoms with Gasteiger partial charge in [-0.1, -0.05) is 0 Å². The summed E-state index contributed by atoms with van der Waals surface area (Å²) in [4.78, 5) is 18.5. The SMILES string of the molecule is O=c1[nH]c(CCCO)nc2c1CCS(=O)(=O)C2. The summed E-state index contributed by atoms with van der Waals surface area (Å²) in [6, 6.07) is 0. The lowest BCUT2D eigenvalue weighted by Crippen LogP contribution is -2.29. The molecule has 1 aromatic heterocycles. The molecule has 0 bridgehead atoms. The number of H-pyrrole nitrogens is 1. The van der Waals surface area contributed by atoms with Gasteiger partial charge in [0.25, 0.3) is 5.56 Å². The van der Waals surface area contributed by atoms with Crippen molar-refractivity contribution in [2.45, 2.75) is 25.0 Å². The van der Waals surface area contributed by atoms with Gasteiger partial charge in [0, 0.05) is 18.6 Å². The Morgan fingerprint density at radius 1 is 1.41 bits per heavy atom. The molecule has 0 atom stereocenters. The molecule has 0 fully saturated rings. The first-order valence-corrected chi connectivity index (χ1v) is 7.26. The lowest BCUT2D eigenvalue weighted by Gasteiger charge is -2.15. The molecule has 7 heteroatoms. The zero-order valence-corrected chi connectivity index (χ0v) is 10.1. The number of aryl methyl sites for hydroxylation is 1. The maximum Gasteiger partial charge on any atom is 0.254 e. The minimum Gasteiger partial charge on any atom is -0.396 e. The maximum absolute atomic E-state index is 11.7. The molecule has 0 unspecified atom stereocenters. The molecular weight excluding hydrogens is 244 g/mol. The molecule has 0 saturated heterocycles. The zero-order valence-electron chi connectivity index (χ0n) is 9.27. The second kappa shape index (κ2) is 4.58. The van der Waals surface area contributed by atoms with Crippen molar-refractivity contribution in [2.24, 2.45) is 0 Å². The predicted octanol–water partition coefficient (Wildman–Crippen LogP) is -0.834. The average molecular weight is 258 g/mol. The van der Waals surface area contributed by atoms with E-state index in [0.717, 1.165) is 0 Å². The molecular formula is C10H14N2O4S. The molecule has 1 aliphatic rings. The fraction of sp³-hybridized carbons (Fsp3) is 0.600. The van der Waals surface area contributed by atoms with E-state index in [1.165, 1.54) is 0 Å². The van der Waals surface area contributed by atoms with Crippen LogP contribution in [0, 0.1) is 0 Å². The van der Waals surface area contributed by atoms with Crippen LogP contribution in [-0.2, 0) is 28.4 Å². The Labute approximate surface area is 98.6 Å². The average Bonchev–Trinajstić information content (AvgIpc) is 2.24. The van der Waals surface area contributed by atoms with Crippen molar-refractivity contribution < 1.29 is 13.5 Å². The van der Waals surface area contributed by atoms with Gasteiger partial charge in [0.1, 0.15) is 5.82 Å². The molecule has 6 nitrogen and oxygen atoms in total. The van der Waals surface area contributed by atoms with Gasteiger partial charge in [0.15, 0.2) is 9.84 Å². The highest BCUT2D eigenvalue weighted by Gasteiger charge is 2.25. The Kier molecular flexibility index (Phi) is 3.30. The summed E-state index contributed by atoms with van der Waals surface area (Å²) in [5.74, 6) is 0.305. The molecule has 2 heterocycles. The standard InChI is InChI=1S/C10H14N2O4S/c13-4-1-2-9-11-8-6-17(15,16)5-3-7(8)10(14)12-9/h13H,1-6H2,(H,11,12,14). The third-order valence-corrected chi connectivity index (χ3v) is 4.28. The van der Waals surface area contributed by atoms with Gasteiger partial charge < -0.3 is 10.1 Å². The molecule has 0 saturated carbocycles. The van der Waals surface area contributed by atoms with Crippen LogP contribution in [0.1, 0.15) is 23.5 Å². The first-order chi connectivity index (χ1) is 8.02. The van der Waals surface area contributed by atoms with E-state index in [0.29, 0.717) is 29.9 Å². The number of rotatable bonds is 3. The number of nitrogens with one attached hydrogen (secondary N) is 1. The summed E-state index contributed by atoms with van der Waals surface area (Å²) in [5, 5.41) is 8.70. The van der Waals surface area contributed by atoms with Crippen molar-refractivity contribution in [2.75, 3.05) is 12.4 Å². The molecule has 2 rings (SSSR count). The van der Waals surface area contributed by atoms with Gasteiger partial charge in [0.05, 0.1) is 17.2 Å². The number of hydrogen-bond acceptors (Lipinski definition) is 5. The van der Waals surface area contributed by atoms with E-state index in [-0.39, 0.29) is 30.1 Å². The van der Waals surface area contributed by atoms with Crippen LogP contribution in [0.25, 0.3) is 0 Å². The molecule has 0 amide bonds. The van der Waals surface area contributed by atoms with Crippen LogP contribution in [0.5, 0.6) is 0 Å². The summed E-state index contributed by atoms with van der Waals surface area (Å²) in [6.07, 6.45) is 1.17. The van der Waals surface area contributed by atoms with Crippen molar-refractivity contribution in [1.82, 2.24) is 9.97 Å². The van der Waals surface area contributed by atoms with Crippen molar-refractivity contribution in [3.63, 3.8) is 0 Å². The molecule has 17 heavy (non-hydrogen) atoms. The molecule has 1 aromatic rings. The lowest BCUT2D eigenvalue weighted by molar-refractivity contribution is 0.287. The number of aromatic amines is 1. The lowest BCUT2D eigenvalue weighted by atomic mass is 10.1. The van der Waals surface area contributed by atoms with Crippen LogP contribution >= 0.6 is 0 Å². The number of hydrogen-bond donors (Lipinski definition) is 2. The van der Waals surface area contributed by atoms with E-state index in [2.05, 4.69) is 9.97 Å². The number of aliphatic hydroxyl groups is 1. The van der Waals surface area contributed by atoms with E-state index in [1.807, 2.05) is 0 Å². The Morgan fingerprint density at radius 3 is 2.88 bits per heavy atom. The zero-order chi connectivity index (χ0) is 12.5. The molecule has 0 radical (unpaired) electrons. The second-order valence-electron chi connectivity index (χ2n) is 4.11. The molecule has 94 valence electrons. The quantitative estimate of drug-likeness (QED) is 0.736. The first-order valence-electron chi connectivity index (χ1n) is 5.44. The van der Waals surface area contributed by atoms with Crippen LogP contribution in [0.2, 0.25) is 0 Å². The number of fused-ring (bicyclic) bond motifs is 1. The Hall–Kier alpha value is -1.21. The number of aliphatic hydroxyl groups excluding tert-OH is 1. The summed E-state index contributed by atoms with van der Waals surface area (Å²) in [6.45, 7) is 0.0130. The Balaban J connectivity index is 2.38. The Morgan fingerprint density at radius 2 is 2.18 bits per heavy atom. The van der Waals surface area contributed by atoms with Gasteiger partial charge in [-0.15, -0.1) is 0 Å². The van der Waals surface area contributed by atoms with Crippen molar-refractivity contribution in [3.05, 3.63) is 27.4 Å². The monoisotopic (exact) mass is 258 g/mol. The van der Waals surface area contributed by atoms with Gasteiger partial charge in [0.2, 0.25) is 0 Å².